The molecular formula is C7H9NO. The number of β-lactam (4-membered cyclic amide) rings is 1. The van der Waals surface area contributed by atoms with Crippen LogP contribution in [0.25, 0.3) is 0 Å². The molecule has 1 N–H and O–H groups in total. The van der Waals surface area contributed by atoms with E-state index in [0.29, 0.717) is 12.0 Å². The smallest absolute Gasteiger partial charge is 0.226 e. The first-order valence-corrected chi connectivity index (χ1v) is 3.35. The molecule has 0 aromatic heterocycles. The standard InChI is InChI=1S/C7H9NO/c9-7-5-3-1-2-4-6(5)8-7/h2,4-6H,1,3H2,(H,8,9)/t5-,6-/m0/s1. The van der Waals surface area contributed by atoms with Crippen LogP contribution in [0.4, 0.5) is 0 Å². The van der Waals surface area contributed by atoms with Crippen molar-refractivity contribution in [2.24, 2.45) is 5.92 Å². The second-order valence-corrected chi connectivity index (χ2v) is 2.65. The Kier molecular flexibility index (Phi) is 0.891. The minimum atomic E-state index is 0.240. The molecule has 0 saturated carbocycles. The summed E-state index contributed by atoms with van der Waals surface area (Å²) in [6, 6.07) is 0.381. The molecule has 1 amide bonds. The van der Waals surface area contributed by atoms with Gasteiger partial charge >= 0.3 is 0 Å². The first kappa shape index (κ1) is 5.03. The summed E-state index contributed by atoms with van der Waals surface area (Å²) in [5, 5.41) is 2.82. The van der Waals surface area contributed by atoms with E-state index >= 15 is 0 Å². The predicted molar refractivity (Wildman–Crippen MR) is 33.8 cm³/mol. The maximum Gasteiger partial charge on any atom is 0.226 e. The molecule has 1 aliphatic carbocycles. The lowest BCUT2D eigenvalue weighted by Crippen LogP contribution is -2.57. The number of hydrogen-bond donors (Lipinski definition) is 1. The average Bonchev–Trinajstić information content (AvgIpc) is 1.86. The molecule has 0 aromatic rings. The highest BCUT2D eigenvalue weighted by atomic mass is 16.2. The zero-order valence-electron chi connectivity index (χ0n) is 5.13. The van der Waals surface area contributed by atoms with Gasteiger partial charge in [0, 0.05) is 0 Å². The van der Waals surface area contributed by atoms with Crippen LogP contribution in [0, 0.1) is 5.92 Å². The van der Waals surface area contributed by atoms with E-state index < -0.39 is 0 Å². The number of fused-ring (bicyclic) bond motifs is 1. The van der Waals surface area contributed by atoms with Crippen LogP contribution in [0.5, 0.6) is 0 Å². The van der Waals surface area contributed by atoms with Crippen molar-refractivity contribution >= 4 is 5.91 Å². The van der Waals surface area contributed by atoms with Gasteiger partial charge in [-0.2, -0.15) is 0 Å². The van der Waals surface area contributed by atoms with Crippen LogP contribution in [-0.2, 0) is 4.79 Å². The molecule has 1 aliphatic heterocycles. The molecule has 0 radical (unpaired) electrons. The Hall–Kier alpha value is -0.790. The van der Waals surface area contributed by atoms with E-state index in [0.717, 1.165) is 12.8 Å². The van der Waals surface area contributed by atoms with Gasteiger partial charge in [0.2, 0.25) is 5.91 Å². The minimum absolute atomic E-state index is 0.240. The highest BCUT2D eigenvalue weighted by molar-refractivity contribution is 5.86. The number of rotatable bonds is 0. The van der Waals surface area contributed by atoms with Crippen LogP contribution in [0.2, 0.25) is 0 Å². The summed E-state index contributed by atoms with van der Waals surface area (Å²) in [7, 11) is 0. The van der Waals surface area contributed by atoms with Gasteiger partial charge in [0.1, 0.15) is 0 Å². The average molecular weight is 123 g/mol. The summed E-state index contributed by atoms with van der Waals surface area (Å²) in [6.45, 7) is 0. The van der Waals surface area contributed by atoms with E-state index in [1.165, 1.54) is 0 Å². The fourth-order valence-electron chi connectivity index (χ4n) is 1.45. The molecule has 1 heterocycles. The van der Waals surface area contributed by atoms with Gasteiger partial charge in [0.05, 0.1) is 12.0 Å². The fourth-order valence-corrected chi connectivity index (χ4v) is 1.45. The molecule has 0 unspecified atom stereocenters. The predicted octanol–water partition coefficient (Wildman–Crippen LogP) is 0.451. The molecule has 2 atom stereocenters. The van der Waals surface area contributed by atoms with Gasteiger partial charge in [0.25, 0.3) is 0 Å². The van der Waals surface area contributed by atoms with Crippen LogP contribution < -0.4 is 5.32 Å². The van der Waals surface area contributed by atoms with Crippen LogP contribution in [-0.4, -0.2) is 11.9 Å². The van der Waals surface area contributed by atoms with E-state index in [1.807, 2.05) is 0 Å². The zero-order valence-corrected chi connectivity index (χ0v) is 5.13. The molecule has 2 nitrogen and oxygen atoms in total. The summed E-state index contributed by atoms with van der Waals surface area (Å²) in [4.78, 5) is 10.7. The second kappa shape index (κ2) is 1.59. The van der Waals surface area contributed by atoms with E-state index in [4.69, 9.17) is 0 Å². The summed E-state index contributed by atoms with van der Waals surface area (Å²) in [5.41, 5.74) is 0. The van der Waals surface area contributed by atoms with Crippen LogP contribution in [0.15, 0.2) is 12.2 Å². The third-order valence-corrected chi connectivity index (χ3v) is 2.07. The van der Waals surface area contributed by atoms with Crippen molar-refractivity contribution in [3.8, 4) is 0 Å². The quantitative estimate of drug-likeness (QED) is 0.368. The molecule has 0 bridgehead atoms. The number of amides is 1. The van der Waals surface area contributed by atoms with E-state index in [1.54, 1.807) is 0 Å². The normalized spacial score (nSPS) is 38.9. The first-order valence-electron chi connectivity index (χ1n) is 3.35. The lowest BCUT2D eigenvalue weighted by molar-refractivity contribution is -0.134. The largest absolute Gasteiger partial charge is 0.349 e. The first-order chi connectivity index (χ1) is 4.38. The van der Waals surface area contributed by atoms with Crippen molar-refractivity contribution in [1.82, 2.24) is 5.32 Å². The molecule has 2 aliphatic rings. The summed E-state index contributed by atoms with van der Waals surface area (Å²) in [5.74, 6) is 0.555. The number of hydrogen-bond acceptors (Lipinski definition) is 1. The molecule has 9 heavy (non-hydrogen) atoms. The topological polar surface area (TPSA) is 29.1 Å². The van der Waals surface area contributed by atoms with Gasteiger partial charge < -0.3 is 5.32 Å². The number of carbonyl (C=O) groups is 1. The zero-order chi connectivity index (χ0) is 6.27. The SMILES string of the molecule is O=C1N[C@H]2C=CCC[C@H]12. The van der Waals surface area contributed by atoms with Crippen LogP contribution in [0.3, 0.4) is 0 Å². The van der Waals surface area contributed by atoms with Crippen molar-refractivity contribution in [1.29, 1.82) is 0 Å². The van der Waals surface area contributed by atoms with Gasteiger partial charge in [-0.15, -0.1) is 0 Å². The van der Waals surface area contributed by atoms with Gasteiger partial charge in [-0.25, -0.2) is 0 Å². The molecule has 2 heteroatoms. The molecule has 2 rings (SSSR count). The van der Waals surface area contributed by atoms with Crippen molar-refractivity contribution in [3.05, 3.63) is 12.2 Å². The van der Waals surface area contributed by atoms with Crippen molar-refractivity contribution in [2.45, 2.75) is 18.9 Å². The van der Waals surface area contributed by atoms with Crippen LogP contribution in [0.1, 0.15) is 12.8 Å². The maximum atomic E-state index is 10.7. The van der Waals surface area contributed by atoms with Crippen LogP contribution >= 0.6 is 0 Å². The Bertz CT molecular complexity index is 174. The molecule has 0 aromatic carbocycles. The summed E-state index contributed by atoms with van der Waals surface area (Å²) in [6.07, 6.45) is 6.36. The van der Waals surface area contributed by atoms with Crippen molar-refractivity contribution in [2.75, 3.05) is 0 Å². The molecule has 0 spiro atoms. The highest BCUT2D eigenvalue weighted by Gasteiger charge is 2.37. The van der Waals surface area contributed by atoms with Crippen molar-refractivity contribution < 1.29 is 4.79 Å². The van der Waals surface area contributed by atoms with Gasteiger partial charge in [-0.05, 0) is 12.8 Å². The van der Waals surface area contributed by atoms with E-state index in [2.05, 4.69) is 17.5 Å². The van der Waals surface area contributed by atoms with Gasteiger partial charge in [0.15, 0.2) is 0 Å². The molecular weight excluding hydrogens is 114 g/mol. The van der Waals surface area contributed by atoms with Gasteiger partial charge in [-0.1, -0.05) is 12.2 Å². The Morgan fingerprint density at radius 2 is 2.56 bits per heavy atom. The van der Waals surface area contributed by atoms with E-state index in [-0.39, 0.29) is 5.91 Å². The Balaban J connectivity index is 2.14. The Morgan fingerprint density at radius 3 is 3.11 bits per heavy atom. The van der Waals surface area contributed by atoms with Crippen molar-refractivity contribution in [3.63, 3.8) is 0 Å². The Labute approximate surface area is 53.9 Å². The Morgan fingerprint density at radius 1 is 1.67 bits per heavy atom. The number of allylic oxidation sites excluding steroid dienone is 1. The lowest BCUT2D eigenvalue weighted by Gasteiger charge is -2.36. The summed E-state index contributed by atoms with van der Waals surface area (Å²) < 4.78 is 0. The molecule has 1 saturated heterocycles. The van der Waals surface area contributed by atoms with Gasteiger partial charge in [-0.3, -0.25) is 4.79 Å². The third-order valence-electron chi connectivity index (χ3n) is 2.07. The number of nitrogens with one attached hydrogen (secondary N) is 1. The fraction of sp³-hybridized carbons (Fsp3) is 0.571. The number of carbonyl (C=O) groups excluding carboxylic acids is 1. The highest BCUT2D eigenvalue weighted by Crippen LogP contribution is 2.25. The van der Waals surface area contributed by atoms with E-state index in [9.17, 15) is 4.79 Å². The monoisotopic (exact) mass is 123 g/mol. The molecule has 1 fully saturated rings. The third kappa shape index (κ3) is 0.590. The lowest BCUT2D eigenvalue weighted by atomic mass is 9.83. The molecule has 48 valence electrons. The minimum Gasteiger partial charge on any atom is -0.349 e. The summed E-state index contributed by atoms with van der Waals surface area (Å²) >= 11 is 0. The second-order valence-electron chi connectivity index (χ2n) is 2.65. The maximum absolute atomic E-state index is 10.7.